The van der Waals surface area contributed by atoms with E-state index in [0.717, 1.165) is 32.1 Å². The maximum absolute atomic E-state index is 14.1. The number of carbonyl (C=O) groups excluding carboxylic acids is 1. The first kappa shape index (κ1) is 16.5. The zero-order valence-corrected chi connectivity index (χ0v) is 13.8. The Morgan fingerprint density at radius 3 is 2.50 bits per heavy atom. The molecule has 0 spiro atoms. The summed E-state index contributed by atoms with van der Waals surface area (Å²) in [6.45, 7) is 2.05. The van der Waals surface area contributed by atoms with Crippen molar-refractivity contribution in [1.82, 2.24) is 0 Å². The first-order valence-electron chi connectivity index (χ1n) is 8.38. The van der Waals surface area contributed by atoms with Gasteiger partial charge in [-0.05, 0) is 62.4 Å². The van der Waals surface area contributed by atoms with Crippen molar-refractivity contribution >= 4 is 5.97 Å². The highest BCUT2D eigenvalue weighted by Crippen LogP contribution is 2.38. The molecule has 2 aromatic rings. The lowest BCUT2D eigenvalue weighted by atomic mass is 9.98. The van der Waals surface area contributed by atoms with E-state index in [1.54, 1.807) is 24.3 Å². The fourth-order valence-corrected chi connectivity index (χ4v) is 3.14. The van der Waals surface area contributed by atoms with Gasteiger partial charge < -0.3 is 9.47 Å². The molecule has 0 N–H and O–H groups in total. The number of hydrogen-bond donors (Lipinski definition) is 0. The van der Waals surface area contributed by atoms with Crippen LogP contribution in [-0.4, -0.2) is 11.6 Å². The maximum Gasteiger partial charge on any atom is 0.343 e. The first-order chi connectivity index (χ1) is 11.6. The molecule has 1 aliphatic rings. The van der Waals surface area contributed by atoms with Gasteiger partial charge in [-0.1, -0.05) is 25.1 Å². The minimum Gasteiger partial charge on any atom is -0.484 e. The molecule has 0 aliphatic heterocycles. The number of hydrogen-bond acceptors (Lipinski definition) is 3. The molecule has 3 nitrogen and oxygen atoms in total. The van der Waals surface area contributed by atoms with Gasteiger partial charge in [0, 0.05) is 0 Å². The van der Waals surface area contributed by atoms with Gasteiger partial charge in [0.05, 0.1) is 5.56 Å². The molecule has 126 valence electrons. The summed E-state index contributed by atoms with van der Waals surface area (Å²) in [5.74, 6) is -0.398. The Morgan fingerprint density at radius 1 is 1.12 bits per heavy atom. The van der Waals surface area contributed by atoms with Crippen molar-refractivity contribution in [2.24, 2.45) is 0 Å². The molecule has 0 amide bonds. The first-order valence-corrected chi connectivity index (χ1v) is 8.38. The third-order valence-corrected chi connectivity index (χ3v) is 4.61. The second-order valence-corrected chi connectivity index (χ2v) is 6.19. The minimum atomic E-state index is -0.525. The molecule has 0 heterocycles. The highest BCUT2D eigenvalue weighted by atomic mass is 19.1. The van der Waals surface area contributed by atoms with Crippen molar-refractivity contribution in [3.63, 3.8) is 0 Å². The molecule has 1 saturated carbocycles. The molecule has 0 aromatic heterocycles. The van der Waals surface area contributed by atoms with Crippen LogP contribution >= 0.6 is 0 Å². The monoisotopic (exact) mass is 328 g/mol. The molecule has 3 rings (SSSR count). The quantitative estimate of drug-likeness (QED) is 0.563. The van der Waals surface area contributed by atoms with Gasteiger partial charge in [0.15, 0.2) is 11.6 Å². The van der Waals surface area contributed by atoms with E-state index in [-0.39, 0.29) is 16.9 Å². The molecule has 0 unspecified atom stereocenters. The second-order valence-electron chi connectivity index (χ2n) is 6.19. The molecule has 4 heteroatoms. The van der Waals surface area contributed by atoms with Crippen molar-refractivity contribution in [3.8, 4) is 11.5 Å². The summed E-state index contributed by atoms with van der Waals surface area (Å²) in [7, 11) is 0. The molecule has 0 atom stereocenters. The maximum atomic E-state index is 14.1. The molecule has 1 fully saturated rings. The zero-order valence-electron chi connectivity index (χ0n) is 13.8. The Bertz CT molecular complexity index is 706. The van der Waals surface area contributed by atoms with E-state index in [2.05, 4.69) is 6.92 Å². The summed E-state index contributed by atoms with van der Waals surface area (Å²) in [5, 5.41) is 0. The highest BCUT2D eigenvalue weighted by molar-refractivity contribution is 5.91. The average Bonchev–Trinajstić information content (AvgIpc) is 3.07. The van der Waals surface area contributed by atoms with Crippen molar-refractivity contribution in [1.29, 1.82) is 0 Å². The fraction of sp³-hybridized carbons (Fsp3) is 0.350. The lowest BCUT2D eigenvalue weighted by Crippen LogP contribution is -2.32. The van der Waals surface area contributed by atoms with E-state index < -0.39 is 11.8 Å². The van der Waals surface area contributed by atoms with Crippen LogP contribution in [0.4, 0.5) is 4.39 Å². The van der Waals surface area contributed by atoms with Gasteiger partial charge >= 0.3 is 5.97 Å². The number of ether oxygens (including phenoxy) is 2. The molecule has 2 aromatic carbocycles. The summed E-state index contributed by atoms with van der Waals surface area (Å²) in [6.07, 6.45) is 4.84. The van der Waals surface area contributed by atoms with Gasteiger partial charge in [-0.25, -0.2) is 9.18 Å². The number of para-hydroxylation sites is 1. The van der Waals surface area contributed by atoms with Gasteiger partial charge in [0.25, 0.3) is 0 Å². The molecule has 0 radical (unpaired) electrons. The number of rotatable bonds is 5. The summed E-state index contributed by atoms with van der Waals surface area (Å²) < 4.78 is 25.4. The normalized spacial score (nSPS) is 15.9. The highest BCUT2D eigenvalue weighted by Gasteiger charge is 2.35. The van der Waals surface area contributed by atoms with Crippen LogP contribution in [0.2, 0.25) is 0 Å². The zero-order chi connectivity index (χ0) is 17.0. The van der Waals surface area contributed by atoms with E-state index in [9.17, 15) is 9.18 Å². The summed E-state index contributed by atoms with van der Waals surface area (Å²) in [5.41, 5.74) is -0.0394. The summed E-state index contributed by atoms with van der Waals surface area (Å²) in [4.78, 5) is 12.3. The van der Waals surface area contributed by atoms with Crippen LogP contribution in [0, 0.1) is 5.82 Å². The molecular formula is C20H21FO3. The Kier molecular flexibility index (Phi) is 4.84. The third kappa shape index (κ3) is 3.58. The van der Waals surface area contributed by atoms with Gasteiger partial charge in [0.2, 0.25) is 0 Å². The van der Waals surface area contributed by atoms with Gasteiger partial charge in [0.1, 0.15) is 11.4 Å². The largest absolute Gasteiger partial charge is 0.484 e. The lowest BCUT2D eigenvalue weighted by molar-refractivity contribution is 0.0657. The van der Waals surface area contributed by atoms with E-state index in [0.29, 0.717) is 5.75 Å². The summed E-state index contributed by atoms with van der Waals surface area (Å²) in [6, 6.07) is 12.9. The van der Waals surface area contributed by atoms with Crippen LogP contribution in [0.25, 0.3) is 0 Å². The Balaban J connectivity index is 1.79. The van der Waals surface area contributed by atoms with Crippen LogP contribution in [-0.2, 0) is 0 Å². The van der Waals surface area contributed by atoms with Gasteiger partial charge in [-0.15, -0.1) is 0 Å². The van der Waals surface area contributed by atoms with Crippen molar-refractivity contribution in [2.45, 2.75) is 44.6 Å². The number of carbonyl (C=O) groups is 1. The fourth-order valence-electron chi connectivity index (χ4n) is 3.14. The van der Waals surface area contributed by atoms with Crippen LogP contribution in [0.3, 0.4) is 0 Å². The number of esters is 1. The molecular weight excluding hydrogens is 307 g/mol. The molecule has 24 heavy (non-hydrogen) atoms. The predicted octanol–water partition coefficient (Wildman–Crippen LogP) is 5.15. The van der Waals surface area contributed by atoms with E-state index in [1.165, 1.54) is 18.2 Å². The Hall–Kier alpha value is -2.36. The van der Waals surface area contributed by atoms with Gasteiger partial charge in [-0.2, -0.15) is 0 Å². The van der Waals surface area contributed by atoms with Crippen LogP contribution in [0.15, 0.2) is 48.5 Å². The number of halogens is 1. The smallest absolute Gasteiger partial charge is 0.343 e. The van der Waals surface area contributed by atoms with Crippen molar-refractivity contribution in [2.75, 3.05) is 0 Å². The minimum absolute atomic E-state index is 0.126. The van der Waals surface area contributed by atoms with Crippen LogP contribution in [0.5, 0.6) is 11.5 Å². The SMILES string of the molecule is CCC1(Oc2cc(C(=O)Oc3ccccc3)ccc2F)CCCC1. The van der Waals surface area contributed by atoms with Crippen LogP contribution < -0.4 is 9.47 Å². The lowest BCUT2D eigenvalue weighted by Gasteiger charge is -2.29. The average molecular weight is 328 g/mol. The number of benzene rings is 2. The molecule has 0 bridgehead atoms. The van der Waals surface area contributed by atoms with E-state index >= 15 is 0 Å². The van der Waals surface area contributed by atoms with Gasteiger partial charge in [-0.3, -0.25) is 0 Å². The summed E-state index contributed by atoms with van der Waals surface area (Å²) >= 11 is 0. The molecule has 1 aliphatic carbocycles. The van der Waals surface area contributed by atoms with E-state index in [4.69, 9.17) is 9.47 Å². The standard InChI is InChI=1S/C20H21FO3/c1-2-20(12-6-7-13-20)24-18-14-15(10-11-17(18)21)19(22)23-16-8-4-3-5-9-16/h3-5,8-11,14H,2,6-7,12-13H2,1H3. The molecule has 0 saturated heterocycles. The van der Waals surface area contributed by atoms with Crippen LogP contribution in [0.1, 0.15) is 49.4 Å². The van der Waals surface area contributed by atoms with E-state index in [1.807, 2.05) is 6.07 Å². The predicted molar refractivity (Wildman–Crippen MR) is 89.9 cm³/mol. The van der Waals surface area contributed by atoms with Crippen molar-refractivity contribution < 1.29 is 18.7 Å². The Morgan fingerprint density at radius 2 is 1.83 bits per heavy atom. The second kappa shape index (κ2) is 7.04. The van der Waals surface area contributed by atoms with Crippen molar-refractivity contribution in [3.05, 3.63) is 59.9 Å². The third-order valence-electron chi connectivity index (χ3n) is 4.61. The Labute approximate surface area is 141 Å². The topological polar surface area (TPSA) is 35.5 Å².